The van der Waals surface area contributed by atoms with E-state index < -0.39 is 0 Å². The summed E-state index contributed by atoms with van der Waals surface area (Å²) >= 11 is 5.41. The largest absolute Gasteiger partial charge is 0.351 e. The number of benzene rings is 1. The smallest absolute Gasteiger partial charge is 0.235 e. The van der Waals surface area contributed by atoms with Crippen LogP contribution in [0.3, 0.4) is 0 Å². The first-order chi connectivity index (χ1) is 8.29. The van der Waals surface area contributed by atoms with Crippen molar-refractivity contribution >= 4 is 17.5 Å². The van der Waals surface area contributed by atoms with Crippen molar-refractivity contribution in [3.63, 3.8) is 0 Å². The topological polar surface area (TPSA) is 57.8 Å². The van der Waals surface area contributed by atoms with Crippen LogP contribution in [-0.4, -0.2) is 22.0 Å². The van der Waals surface area contributed by atoms with Gasteiger partial charge in [-0.15, -0.1) is 11.6 Å². The number of carbonyl (C=O) groups excluding carboxylic acids is 1. The molecule has 88 valence electrons. The molecule has 0 atom stereocenters. The van der Waals surface area contributed by atoms with Crippen molar-refractivity contribution in [1.82, 2.24) is 15.5 Å². The van der Waals surface area contributed by atoms with Crippen molar-refractivity contribution in [2.24, 2.45) is 0 Å². The zero-order valence-electron chi connectivity index (χ0n) is 9.11. The number of carbonyl (C=O) groups is 1. The molecule has 0 radical (unpaired) electrons. The van der Waals surface area contributed by atoms with Crippen LogP contribution >= 0.6 is 11.6 Å². The van der Waals surface area contributed by atoms with E-state index in [-0.39, 0.29) is 11.8 Å². The molecular formula is C12H12ClN3O. The van der Waals surface area contributed by atoms with Gasteiger partial charge in [0.2, 0.25) is 5.91 Å². The Morgan fingerprint density at radius 3 is 3.00 bits per heavy atom. The third-order valence-corrected chi connectivity index (χ3v) is 2.59. The molecule has 0 saturated heterocycles. The predicted molar refractivity (Wildman–Crippen MR) is 66.6 cm³/mol. The molecule has 0 unspecified atom stereocenters. The van der Waals surface area contributed by atoms with Crippen molar-refractivity contribution < 1.29 is 4.79 Å². The Kier molecular flexibility index (Phi) is 3.77. The van der Waals surface area contributed by atoms with Gasteiger partial charge in [-0.25, -0.2) is 0 Å². The molecule has 0 aliphatic rings. The maximum absolute atomic E-state index is 11.0. The molecule has 2 aromatic rings. The molecule has 0 aliphatic heterocycles. The van der Waals surface area contributed by atoms with Gasteiger partial charge in [-0.1, -0.05) is 18.2 Å². The quantitative estimate of drug-likeness (QED) is 0.814. The summed E-state index contributed by atoms with van der Waals surface area (Å²) in [5.74, 6) is -0.182. The lowest BCUT2D eigenvalue weighted by Gasteiger charge is -2.05. The Hall–Kier alpha value is -1.81. The molecule has 1 amide bonds. The molecule has 0 bridgehead atoms. The van der Waals surface area contributed by atoms with Gasteiger partial charge in [0.05, 0.1) is 5.69 Å². The van der Waals surface area contributed by atoms with Gasteiger partial charge in [0.25, 0.3) is 0 Å². The molecule has 1 heterocycles. The zero-order valence-corrected chi connectivity index (χ0v) is 9.87. The normalized spacial score (nSPS) is 10.2. The molecule has 4 nitrogen and oxygen atoms in total. The SMILES string of the molecule is O=C(CCl)NCc1cccc(-c2ccn[nH]2)c1. The van der Waals surface area contributed by atoms with Gasteiger partial charge in [0.15, 0.2) is 0 Å². The molecular weight excluding hydrogens is 238 g/mol. The van der Waals surface area contributed by atoms with Crippen molar-refractivity contribution in [2.45, 2.75) is 6.54 Å². The Morgan fingerprint density at radius 2 is 2.29 bits per heavy atom. The minimum Gasteiger partial charge on any atom is -0.351 e. The second-order valence-corrected chi connectivity index (χ2v) is 3.85. The lowest BCUT2D eigenvalue weighted by Crippen LogP contribution is -2.23. The van der Waals surface area contributed by atoms with E-state index >= 15 is 0 Å². The third kappa shape index (κ3) is 3.07. The van der Waals surface area contributed by atoms with Crippen LogP contribution in [0.25, 0.3) is 11.3 Å². The molecule has 2 rings (SSSR count). The highest BCUT2D eigenvalue weighted by molar-refractivity contribution is 6.27. The number of halogens is 1. The van der Waals surface area contributed by atoms with Gasteiger partial charge in [-0.2, -0.15) is 5.10 Å². The van der Waals surface area contributed by atoms with Crippen LogP contribution in [0.15, 0.2) is 36.5 Å². The van der Waals surface area contributed by atoms with Crippen LogP contribution in [0, 0.1) is 0 Å². The van der Waals surface area contributed by atoms with E-state index in [2.05, 4.69) is 15.5 Å². The van der Waals surface area contributed by atoms with Gasteiger partial charge in [0, 0.05) is 12.7 Å². The van der Waals surface area contributed by atoms with Crippen LogP contribution in [0.4, 0.5) is 0 Å². The molecule has 5 heteroatoms. The molecule has 0 aliphatic carbocycles. The molecule has 17 heavy (non-hydrogen) atoms. The third-order valence-electron chi connectivity index (χ3n) is 2.35. The van der Waals surface area contributed by atoms with E-state index in [1.807, 2.05) is 30.3 Å². The Morgan fingerprint density at radius 1 is 1.41 bits per heavy atom. The average Bonchev–Trinajstić information content (AvgIpc) is 2.90. The summed E-state index contributed by atoms with van der Waals surface area (Å²) in [6, 6.07) is 9.78. The average molecular weight is 250 g/mol. The lowest BCUT2D eigenvalue weighted by atomic mass is 10.1. The summed E-state index contributed by atoms with van der Waals surface area (Å²) in [7, 11) is 0. The Balaban J connectivity index is 2.09. The van der Waals surface area contributed by atoms with Crippen molar-refractivity contribution in [2.75, 3.05) is 5.88 Å². The van der Waals surface area contributed by atoms with Gasteiger partial charge in [-0.05, 0) is 23.3 Å². The summed E-state index contributed by atoms with van der Waals surface area (Å²) in [5, 5.41) is 9.53. The molecule has 0 saturated carbocycles. The summed E-state index contributed by atoms with van der Waals surface area (Å²) in [4.78, 5) is 11.0. The van der Waals surface area contributed by atoms with Crippen LogP contribution in [0.1, 0.15) is 5.56 Å². The summed E-state index contributed by atoms with van der Waals surface area (Å²) in [6.45, 7) is 0.480. The second kappa shape index (κ2) is 5.50. The first-order valence-electron chi connectivity index (χ1n) is 5.21. The molecule has 2 N–H and O–H groups in total. The van der Waals surface area contributed by atoms with E-state index in [9.17, 15) is 4.79 Å². The number of hydrogen-bond acceptors (Lipinski definition) is 2. The fourth-order valence-electron chi connectivity index (χ4n) is 1.51. The number of aromatic amines is 1. The number of H-pyrrole nitrogens is 1. The van der Waals surface area contributed by atoms with Crippen molar-refractivity contribution in [3.05, 3.63) is 42.1 Å². The molecule has 0 spiro atoms. The number of hydrogen-bond donors (Lipinski definition) is 2. The summed E-state index contributed by atoms with van der Waals surface area (Å²) in [6.07, 6.45) is 1.71. The zero-order chi connectivity index (χ0) is 12.1. The summed E-state index contributed by atoms with van der Waals surface area (Å²) in [5.41, 5.74) is 3.02. The Labute approximate surface area is 104 Å². The highest BCUT2D eigenvalue weighted by Gasteiger charge is 2.02. The fraction of sp³-hybridized carbons (Fsp3) is 0.167. The van der Waals surface area contributed by atoms with Gasteiger partial charge < -0.3 is 5.32 Å². The molecule has 1 aromatic heterocycles. The highest BCUT2D eigenvalue weighted by Crippen LogP contribution is 2.17. The van der Waals surface area contributed by atoms with Crippen LogP contribution in [-0.2, 0) is 11.3 Å². The van der Waals surface area contributed by atoms with E-state index in [0.717, 1.165) is 16.8 Å². The number of amides is 1. The first kappa shape index (κ1) is 11.7. The minimum atomic E-state index is -0.168. The van der Waals surface area contributed by atoms with Crippen LogP contribution < -0.4 is 5.32 Å². The van der Waals surface area contributed by atoms with Crippen LogP contribution in [0.5, 0.6) is 0 Å². The van der Waals surface area contributed by atoms with Crippen molar-refractivity contribution in [1.29, 1.82) is 0 Å². The van der Waals surface area contributed by atoms with Crippen molar-refractivity contribution in [3.8, 4) is 11.3 Å². The number of alkyl halides is 1. The second-order valence-electron chi connectivity index (χ2n) is 3.58. The lowest BCUT2D eigenvalue weighted by molar-refractivity contribution is -0.118. The number of nitrogens with zero attached hydrogens (tertiary/aromatic N) is 1. The minimum absolute atomic E-state index is 0.0137. The first-order valence-corrected chi connectivity index (χ1v) is 5.74. The monoisotopic (exact) mass is 249 g/mol. The number of nitrogens with one attached hydrogen (secondary N) is 2. The van der Waals surface area contributed by atoms with E-state index in [4.69, 9.17) is 11.6 Å². The number of rotatable bonds is 4. The maximum Gasteiger partial charge on any atom is 0.235 e. The highest BCUT2D eigenvalue weighted by atomic mass is 35.5. The van der Waals surface area contributed by atoms with Gasteiger partial charge in [0.1, 0.15) is 5.88 Å². The van der Waals surface area contributed by atoms with Crippen LogP contribution in [0.2, 0.25) is 0 Å². The summed E-state index contributed by atoms with van der Waals surface area (Å²) < 4.78 is 0. The predicted octanol–water partition coefficient (Wildman–Crippen LogP) is 1.93. The van der Waals surface area contributed by atoms with E-state index in [1.165, 1.54) is 0 Å². The van der Waals surface area contributed by atoms with E-state index in [0.29, 0.717) is 6.54 Å². The maximum atomic E-state index is 11.0. The standard InChI is InChI=1S/C12H12ClN3O/c13-7-12(17)14-8-9-2-1-3-10(6-9)11-4-5-15-16-11/h1-6H,7-8H2,(H,14,17)(H,15,16). The van der Waals surface area contributed by atoms with Gasteiger partial charge in [-0.3, -0.25) is 9.89 Å². The number of aromatic nitrogens is 2. The fourth-order valence-corrected chi connectivity index (χ4v) is 1.61. The van der Waals surface area contributed by atoms with E-state index in [1.54, 1.807) is 6.20 Å². The molecule has 1 aromatic carbocycles. The Bertz CT molecular complexity index is 496. The molecule has 0 fully saturated rings. The van der Waals surface area contributed by atoms with Gasteiger partial charge >= 0.3 is 0 Å².